The standard InChI is InChI=1S/C30H37N5O5.C2H6/c1-29(2,3)39-27(37)31-16-9-17-34(28(38)40-30(4,5)6)18-20-12-14-21(15-13-20)22-19-35-24-11-8-7-10-23(24)32-26(35)33-25(22)36;1-2/h7-8,10-15,19H,9,16-18H2,1-6H3,(H,31,37)(H,32,33,36);1-2H3. The van der Waals surface area contributed by atoms with Gasteiger partial charge in [0.05, 0.1) is 16.6 Å². The van der Waals surface area contributed by atoms with Crippen LogP contribution < -0.4 is 10.9 Å². The summed E-state index contributed by atoms with van der Waals surface area (Å²) in [6.07, 6.45) is 1.38. The lowest BCUT2D eigenvalue weighted by atomic mass is 10.1. The number of imidazole rings is 1. The van der Waals surface area contributed by atoms with E-state index in [4.69, 9.17) is 9.47 Å². The number of aromatic amines is 1. The number of benzene rings is 2. The maximum atomic E-state index is 13.0. The van der Waals surface area contributed by atoms with Crippen molar-refractivity contribution >= 4 is 29.0 Å². The van der Waals surface area contributed by atoms with Crippen LogP contribution in [0.1, 0.15) is 67.4 Å². The highest BCUT2D eigenvalue weighted by Crippen LogP contribution is 2.21. The number of carbonyl (C=O) groups excluding carboxylic acids is 2. The number of rotatable bonds is 7. The SMILES string of the molecule is CC.CC(C)(C)OC(=O)NCCCN(Cc1ccc(-c2cn3c(nc4ccccc43)[nH]c2=O)cc1)C(=O)OC(C)(C)C. The van der Waals surface area contributed by atoms with Gasteiger partial charge in [-0.15, -0.1) is 0 Å². The lowest BCUT2D eigenvalue weighted by Gasteiger charge is -2.27. The Kier molecular flexibility index (Phi) is 10.4. The molecule has 0 radical (unpaired) electrons. The highest BCUT2D eigenvalue weighted by molar-refractivity contribution is 5.80. The molecule has 10 heteroatoms. The van der Waals surface area contributed by atoms with Gasteiger partial charge in [-0.05, 0) is 71.2 Å². The van der Waals surface area contributed by atoms with Crippen molar-refractivity contribution in [3.63, 3.8) is 0 Å². The van der Waals surface area contributed by atoms with E-state index in [9.17, 15) is 14.4 Å². The zero-order valence-electron chi connectivity index (χ0n) is 25.9. The topological polar surface area (TPSA) is 118 Å². The summed E-state index contributed by atoms with van der Waals surface area (Å²) in [4.78, 5) is 46.7. The first kappa shape index (κ1) is 32.2. The number of ether oxygens (including phenoxy) is 2. The summed E-state index contributed by atoms with van der Waals surface area (Å²) in [5.74, 6) is 0.487. The van der Waals surface area contributed by atoms with Crippen molar-refractivity contribution in [2.75, 3.05) is 13.1 Å². The Hall–Kier alpha value is -4.34. The molecule has 2 aromatic carbocycles. The van der Waals surface area contributed by atoms with Crippen molar-refractivity contribution in [2.45, 2.75) is 79.6 Å². The number of nitrogens with zero attached hydrogens (tertiary/aromatic N) is 3. The molecular weight excluding hydrogens is 534 g/mol. The quantitative estimate of drug-likeness (QED) is 0.242. The predicted molar refractivity (Wildman–Crippen MR) is 166 cm³/mol. The molecule has 0 aliphatic heterocycles. The first-order valence-electron chi connectivity index (χ1n) is 14.3. The number of aromatic nitrogens is 3. The van der Waals surface area contributed by atoms with E-state index in [1.54, 1.807) is 31.9 Å². The zero-order chi connectivity index (χ0) is 31.1. The maximum absolute atomic E-state index is 13.0. The molecule has 0 spiro atoms. The lowest BCUT2D eigenvalue weighted by molar-refractivity contribution is 0.0231. The van der Waals surface area contributed by atoms with E-state index < -0.39 is 23.4 Å². The van der Waals surface area contributed by atoms with Crippen LogP contribution in [0.15, 0.2) is 59.5 Å². The van der Waals surface area contributed by atoms with Crippen LogP contribution in [0.25, 0.3) is 27.9 Å². The molecule has 2 amide bonds. The molecule has 0 aliphatic carbocycles. The van der Waals surface area contributed by atoms with Gasteiger partial charge in [0, 0.05) is 25.8 Å². The van der Waals surface area contributed by atoms with Gasteiger partial charge in [-0.3, -0.25) is 14.2 Å². The van der Waals surface area contributed by atoms with E-state index in [-0.39, 0.29) is 5.56 Å². The second-order valence-electron chi connectivity index (χ2n) is 11.7. The largest absolute Gasteiger partial charge is 0.444 e. The van der Waals surface area contributed by atoms with Gasteiger partial charge in [0.1, 0.15) is 11.2 Å². The van der Waals surface area contributed by atoms with E-state index >= 15 is 0 Å². The van der Waals surface area contributed by atoms with Crippen molar-refractivity contribution in [1.82, 2.24) is 24.6 Å². The molecule has 0 aliphatic rings. The third-order valence-corrected chi connectivity index (χ3v) is 5.89. The Morgan fingerprint density at radius 2 is 1.60 bits per heavy atom. The molecule has 0 fully saturated rings. The molecular formula is C32H43N5O5. The summed E-state index contributed by atoms with van der Waals surface area (Å²) in [6, 6.07) is 15.2. The minimum atomic E-state index is -0.648. The van der Waals surface area contributed by atoms with Crippen LogP contribution in [0, 0.1) is 0 Å². The summed E-state index contributed by atoms with van der Waals surface area (Å²) in [7, 11) is 0. The monoisotopic (exact) mass is 577 g/mol. The van der Waals surface area contributed by atoms with Crippen LogP contribution >= 0.6 is 0 Å². The summed E-state index contributed by atoms with van der Waals surface area (Å²) in [5.41, 5.74) is 2.38. The third-order valence-electron chi connectivity index (χ3n) is 5.89. The summed E-state index contributed by atoms with van der Waals surface area (Å²) in [5, 5.41) is 2.72. The molecule has 0 unspecified atom stereocenters. The number of hydrogen-bond acceptors (Lipinski definition) is 6. The molecule has 0 saturated heterocycles. The zero-order valence-corrected chi connectivity index (χ0v) is 25.9. The Morgan fingerprint density at radius 1 is 0.952 bits per heavy atom. The summed E-state index contributed by atoms with van der Waals surface area (Å²) in [6.45, 7) is 15.9. The molecule has 0 atom stereocenters. The normalized spacial score (nSPS) is 11.5. The average molecular weight is 578 g/mol. The van der Waals surface area contributed by atoms with Gasteiger partial charge < -0.3 is 19.7 Å². The van der Waals surface area contributed by atoms with E-state index in [1.165, 1.54) is 0 Å². The number of carbonyl (C=O) groups is 2. The minimum Gasteiger partial charge on any atom is -0.444 e. The summed E-state index contributed by atoms with van der Waals surface area (Å²) >= 11 is 0. The number of para-hydroxylation sites is 2. The van der Waals surface area contributed by atoms with Gasteiger partial charge in [0.2, 0.25) is 5.78 Å². The molecule has 42 heavy (non-hydrogen) atoms. The van der Waals surface area contributed by atoms with E-state index in [1.807, 2.05) is 87.6 Å². The first-order valence-corrected chi connectivity index (χ1v) is 14.3. The van der Waals surface area contributed by atoms with Gasteiger partial charge in [-0.25, -0.2) is 14.6 Å². The minimum absolute atomic E-state index is 0.233. The van der Waals surface area contributed by atoms with Crippen LogP contribution in [0.2, 0.25) is 0 Å². The van der Waals surface area contributed by atoms with E-state index in [2.05, 4.69) is 15.3 Å². The van der Waals surface area contributed by atoms with Crippen LogP contribution in [0.5, 0.6) is 0 Å². The lowest BCUT2D eigenvalue weighted by Crippen LogP contribution is -2.38. The molecule has 2 N–H and O–H groups in total. The van der Waals surface area contributed by atoms with Gasteiger partial charge in [-0.2, -0.15) is 0 Å². The highest BCUT2D eigenvalue weighted by atomic mass is 16.6. The van der Waals surface area contributed by atoms with Crippen molar-refractivity contribution in [1.29, 1.82) is 0 Å². The summed E-state index contributed by atoms with van der Waals surface area (Å²) < 4.78 is 12.7. The molecule has 4 aromatic rings. The fraction of sp³-hybridized carbons (Fsp3) is 0.438. The fourth-order valence-electron chi connectivity index (χ4n) is 4.17. The molecule has 2 aromatic heterocycles. The number of amides is 2. The Balaban J connectivity index is 0.00000237. The second-order valence-corrected chi connectivity index (χ2v) is 11.7. The van der Waals surface area contributed by atoms with Gasteiger partial charge in [-0.1, -0.05) is 50.2 Å². The molecule has 0 bridgehead atoms. The average Bonchev–Trinajstić information content (AvgIpc) is 3.26. The second kappa shape index (κ2) is 13.5. The fourth-order valence-corrected chi connectivity index (χ4v) is 4.17. The van der Waals surface area contributed by atoms with Gasteiger partial charge >= 0.3 is 12.2 Å². The van der Waals surface area contributed by atoms with Gasteiger partial charge in [0.25, 0.3) is 5.56 Å². The number of hydrogen-bond donors (Lipinski definition) is 2. The van der Waals surface area contributed by atoms with Gasteiger partial charge in [0.15, 0.2) is 0 Å². The molecule has 226 valence electrons. The first-order chi connectivity index (χ1) is 19.8. The maximum Gasteiger partial charge on any atom is 0.410 e. The predicted octanol–water partition coefficient (Wildman–Crippen LogP) is 6.52. The molecule has 2 heterocycles. The molecule has 4 rings (SSSR count). The Morgan fingerprint density at radius 3 is 2.24 bits per heavy atom. The van der Waals surface area contributed by atoms with Crippen LogP contribution in [-0.4, -0.2) is 55.7 Å². The molecule has 0 saturated carbocycles. The van der Waals surface area contributed by atoms with Crippen molar-refractivity contribution in [3.05, 3.63) is 70.6 Å². The number of fused-ring (bicyclic) bond motifs is 3. The molecule has 10 nitrogen and oxygen atoms in total. The third kappa shape index (κ3) is 8.83. The van der Waals surface area contributed by atoms with Crippen molar-refractivity contribution in [3.8, 4) is 11.1 Å². The van der Waals surface area contributed by atoms with Crippen molar-refractivity contribution < 1.29 is 19.1 Å². The highest BCUT2D eigenvalue weighted by Gasteiger charge is 2.23. The van der Waals surface area contributed by atoms with E-state index in [0.29, 0.717) is 37.4 Å². The van der Waals surface area contributed by atoms with Crippen LogP contribution in [0.3, 0.4) is 0 Å². The smallest absolute Gasteiger partial charge is 0.410 e. The number of nitrogens with one attached hydrogen (secondary N) is 2. The van der Waals surface area contributed by atoms with Crippen molar-refractivity contribution in [2.24, 2.45) is 0 Å². The number of H-pyrrole nitrogens is 1. The Bertz CT molecular complexity index is 1560. The van der Waals surface area contributed by atoms with Crippen LogP contribution in [0.4, 0.5) is 9.59 Å². The van der Waals surface area contributed by atoms with Crippen LogP contribution in [-0.2, 0) is 16.0 Å². The Labute approximate surface area is 247 Å². The van der Waals surface area contributed by atoms with E-state index in [0.717, 1.165) is 22.2 Å². The number of alkyl carbamates (subject to hydrolysis) is 1.